The van der Waals surface area contributed by atoms with Gasteiger partial charge in [0.2, 0.25) is 5.95 Å². The molecule has 5 heteroatoms. The second-order valence-electron chi connectivity index (χ2n) is 6.62. The summed E-state index contributed by atoms with van der Waals surface area (Å²) in [5.74, 6) is 1.30. The average Bonchev–Trinajstić information content (AvgIpc) is 2.65. The first kappa shape index (κ1) is 17.0. The summed E-state index contributed by atoms with van der Waals surface area (Å²) in [5.41, 5.74) is 6.08. The molecule has 0 aliphatic rings. The summed E-state index contributed by atoms with van der Waals surface area (Å²) in [6, 6.07) is 18.2. The average molecular weight is 355 g/mol. The van der Waals surface area contributed by atoms with E-state index in [9.17, 15) is 0 Å². The molecule has 2 N–H and O–H groups in total. The zero-order chi connectivity index (χ0) is 18.8. The van der Waals surface area contributed by atoms with E-state index < -0.39 is 0 Å². The van der Waals surface area contributed by atoms with Crippen LogP contribution in [0.25, 0.3) is 10.9 Å². The minimum atomic E-state index is 0.572. The molecule has 0 amide bonds. The van der Waals surface area contributed by atoms with Gasteiger partial charge in [-0.3, -0.25) is 4.98 Å². The van der Waals surface area contributed by atoms with E-state index >= 15 is 0 Å². The Hall–Kier alpha value is -3.47. The van der Waals surface area contributed by atoms with E-state index in [0.29, 0.717) is 5.95 Å². The van der Waals surface area contributed by atoms with Crippen LogP contribution in [0.1, 0.15) is 16.8 Å². The van der Waals surface area contributed by atoms with Crippen LogP contribution in [0.4, 0.5) is 23.1 Å². The summed E-state index contributed by atoms with van der Waals surface area (Å²) in [6.07, 6.45) is 1.80. The zero-order valence-corrected chi connectivity index (χ0v) is 15.6. The maximum Gasteiger partial charge on any atom is 0.229 e. The van der Waals surface area contributed by atoms with Gasteiger partial charge in [-0.25, -0.2) is 4.98 Å². The van der Waals surface area contributed by atoms with E-state index in [-0.39, 0.29) is 0 Å². The van der Waals surface area contributed by atoms with E-state index in [1.165, 1.54) is 0 Å². The molecule has 2 aromatic heterocycles. The summed E-state index contributed by atoms with van der Waals surface area (Å²) in [7, 11) is 0. The smallest absolute Gasteiger partial charge is 0.229 e. The number of aromatic nitrogens is 3. The van der Waals surface area contributed by atoms with Gasteiger partial charge in [-0.1, -0.05) is 36.4 Å². The molecule has 0 aliphatic carbocycles. The molecule has 4 aromatic rings. The van der Waals surface area contributed by atoms with Crippen LogP contribution in [-0.4, -0.2) is 15.0 Å². The van der Waals surface area contributed by atoms with E-state index in [1.54, 1.807) is 6.20 Å². The first-order valence-corrected chi connectivity index (χ1v) is 8.90. The number of nitrogens with one attached hydrogen (secondary N) is 2. The molecular weight excluding hydrogens is 334 g/mol. The number of fused-ring (bicyclic) bond motifs is 1. The van der Waals surface area contributed by atoms with Gasteiger partial charge in [0.1, 0.15) is 5.82 Å². The summed E-state index contributed by atoms with van der Waals surface area (Å²) in [6.45, 7) is 6.11. The second kappa shape index (κ2) is 7.03. The van der Waals surface area contributed by atoms with Crippen LogP contribution >= 0.6 is 0 Å². The van der Waals surface area contributed by atoms with Crippen LogP contribution in [0, 0.1) is 20.8 Å². The van der Waals surface area contributed by atoms with Crippen LogP contribution in [0.2, 0.25) is 0 Å². The summed E-state index contributed by atoms with van der Waals surface area (Å²) >= 11 is 0. The fraction of sp³-hybridized carbons (Fsp3) is 0.136. The Balaban J connectivity index is 1.68. The van der Waals surface area contributed by atoms with Crippen molar-refractivity contribution in [3.63, 3.8) is 0 Å². The van der Waals surface area contributed by atoms with Gasteiger partial charge in [0.05, 0.1) is 11.2 Å². The van der Waals surface area contributed by atoms with Crippen molar-refractivity contribution in [2.24, 2.45) is 0 Å². The Labute approximate surface area is 158 Å². The minimum Gasteiger partial charge on any atom is -0.338 e. The molecule has 5 nitrogen and oxygen atoms in total. The van der Waals surface area contributed by atoms with Gasteiger partial charge in [0.25, 0.3) is 0 Å². The molecule has 0 radical (unpaired) electrons. The highest BCUT2D eigenvalue weighted by molar-refractivity contribution is 5.91. The predicted octanol–water partition coefficient (Wildman–Crippen LogP) is 5.44. The zero-order valence-electron chi connectivity index (χ0n) is 15.6. The molecule has 134 valence electrons. The SMILES string of the molecule is Cc1cc(Nc2cccc3cccnc23)nc(Nc2c(C)cccc2C)n1. The van der Waals surface area contributed by atoms with Crippen molar-refractivity contribution < 1.29 is 0 Å². The number of anilines is 4. The van der Waals surface area contributed by atoms with Crippen molar-refractivity contribution in [2.75, 3.05) is 10.6 Å². The quantitative estimate of drug-likeness (QED) is 0.510. The van der Waals surface area contributed by atoms with Crippen molar-refractivity contribution in [2.45, 2.75) is 20.8 Å². The Kier molecular flexibility index (Phi) is 4.42. The van der Waals surface area contributed by atoms with E-state index in [4.69, 9.17) is 0 Å². The lowest BCUT2D eigenvalue weighted by atomic mass is 10.1. The fourth-order valence-electron chi connectivity index (χ4n) is 3.15. The standard InChI is InChI=1S/C22H21N5/c1-14-7-4-8-15(2)20(14)27-22-24-16(3)13-19(26-22)25-18-11-5-9-17-10-6-12-23-21(17)18/h4-13H,1-3H3,(H2,24,25,26,27). The van der Waals surface area contributed by atoms with Crippen molar-refractivity contribution in [3.8, 4) is 0 Å². The molecule has 0 saturated carbocycles. The van der Waals surface area contributed by atoms with Crippen LogP contribution in [0.15, 0.2) is 60.8 Å². The molecule has 0 spiro atoms. The number of aryl methyl sites for hydroxylation is 3. The molecule has 0 fully saturated rings. The molecule has 2 heterocycles. The first-order chi connectivity index (χ1) is 13.1. The third-order valence-electron chi connectivity index (χ3n) is 4.47. The van der Waals surface area contributed by atoms with E-state index in [2.05, 4.69) is 51.6 Å². The maximum atomic E-state index is 4.65. The Bertz CT molecular complexity index is 1100. The molecule has 0 atom stereocenters. The van der Waals surface area contributed by atoms with E-state index in [1.807, 2.05) is 49.4 Å². The van der Waals surface area contributed by atoms with Gasteiger partial charge in [0.15, 0.2) is 0 Å². The van der Waals surface area contributed by atoms with E-state index in [0.717, 1.165) is 44.9 Å². The van der Waals surface area contributed by atoms with Gasteiger partial charge >= 0.3 is 0 Å². The highest BCUT2D eigenvalue weighted by Gasteiger charge is 2.08. The Morgan fingerprint density at radius 3 is 2.33 bits per heavy atom. The fourth-order valence-corrected chi connectivity index (χ4v) is 3.15. The number of hydrogen-bond donors (Lipinski definition) is 2. The lowest BCUT2D eigenvalue weighted by Gasteiger charge is -2.14. The highest BCUT2D eigenvalue weighted by atomic mass is 15.1. The molecule has 2 aromatic carbocycles. The van der Waals surface area contributed by atoms with Gasteiger partial charge in [0, 0.05) is 29.0 Å². The van der Waals surface area contributed by atoms with Gasteiger partial charge < -0.3 is 10.6 Å². The minimum absolute atomic E-state index is 0.572. The Morgan fingerprint density at radius 1 is 0.778 bits per heavy atom. The van der Waals surface area contributed by atoms with Crippen molar-refractivity contribution >= 4 is 34.0 Å². The number of hydrogen-bond acceptors (Lipinski definition) is 5. The van der Waals surface area contributed by atoms with Crippen LogP contribution in [0.5, 0.6) is 0 Å². The van der Waals surface area contributed by atoms with Gasteiger partial charge in [-0.15, -0.1) is 0 Å². The lowest BCUT2D eigenvalue weighted by Crippen LogP contribution is -2.04. The third kappa shape index (κ3) is 3.58. The highest BCUT2D eigenvalue weighted by Crippen LogP contribution is 2.26. The lowest BCUT2D eigenvalue weighted by molar-refractivity contribution is 1.10. The molecule has 0 unspecified atom stereocenters. The van der Waals surface area contributed by atoms with Crippen molar-refractivity contribution in [3.05, 3.63) is 77.6 Å². The third-order valence-corrected chi connectivity index (χ3v) is 4.47. The molecule has 0 bridgehead atoms. The van der Waals surface area contributed by atoms with Crippen molar-refractivity contribution in [1.82, 2.24) is 15.0 Å². The second-order valence-corrected chi connectivity index (χ2v) is 6.62. The van der Waals surface area contributed by atoms with Gasteiger partial charge in [-0.2, -0.15) is 4.98 Å². The van der Waals surface area contributed by atoms with Crippen LogP contribution in [-0.2, 0) is 0 Å². The number of rotatable bonds is 4. The Morgan fingerprint density at radius 2 is 1.52 bits per heavy atom. The van der Waals surface area contributed by atoms with Gasteiger partial charge in [-0.05, 0) is 44.0 Å². The predicted molar refractivity (Wildman–Crippen MR) is 111 cm³/mol. The number of para-hydroxylation sites is 2. The molecule has 0 aliphatic heterocycles. The molecule has 4 rings (SSSR count). The normalized spacial score (nSPS) is 10.8. The monoisotopic (exact) mass is 355 g/mol. The molecular formula is C22H21N5. The molecule has 27 heavy (non-hydrogen) atoms. The molecule has 0 saturated heterocycles. The summed E-state index contributed by atoms with van der Waals surface area (Å²) in [5, 5.41) is 7.84. The topological polar surface area (TPSA) is 62.7 Å². The number of nitrogens with zero attached hydrogens (tertiary/aromatic N) is 3. The largest absolute Gasteiger partial charge is 0.338 e. The maximum absolute atomic E-state index is 4.65. The summed E-state index contributed by atoms with van der Waals surface area (Å²) < 4.78 is 0. The number of benzene rings is 2. The first-order valence-electron chi connectivity index (χ1n) is 8.90. The number of pyridine rings is 1. The van der Waals surface area contributed by atoms with Crippen LogP contribution < -0.4 is 10.6 Å². The van der Waals surface area contributed by atoms with Crippen molar-refractivity contribution in [1.29, 1.82) is 0 Å². The van der Waals surface area contributed by atoms with Crippen LogP contribution in [0.3, 0.4) is 0 Å². The summed E-state index contributed by atoms with van der Waals surface area (Å²) in [4.78, 5) is 13.7.